The predicted molar refractivity (Wildman–Crippen MR) is 111 cm³/mol. The molecule has 0 bridgehead atoms. The van der Waals surface area contributed by atoms with Gasteiger partial charge < -0.3 is 4.74 Å². The lowest BCUT2D eigenvalue weighted by Crippen LogP contribution is -2.42. The van der Waals surface area contributed by atoms with Crippen LogP contribution in [0.3, 0.4) is 0 Å². The highest BCUT2D eigenvalue weighted by molar-refractivity contribution is 5.32. The van der Waals surface area contributed by atoms with Gasteiger partial charge in [0.2, 0.25) is 0 Å². The molecule has 0 aromatic heterocycles. The molecule has 0 spiro atoms. The number of hydrogen-bond donors (Lipinski definition) is 0. The molecule has 0 atom stereocenters. The number of ether oxygens (including phenoxy) is 1. The number of non-ortho nitro benzene ring substituents is 1. The highest BCUT2D eigenvalue weighted by Crippen LogP contribution is 2.37. The molecule has 0 amide bonds. The van der Waals surface area contributed by atoms with Gasteiger partial charge in [-0.3, -0.25) is 15.0 Å². The Kier molecular flexibility index (Phi) is 7.18. The predicted octanol–water partition coefficient (Wildman–Crippen LogP) is 4.85. The molecular weight excluding hydrogens is 352 g/mol. The number of rotatable bonds is 9. The topological polar surface area (TPSA) is 55.6 Å². The molecule has 2 aromatic carbocycles. The van der Waals surface area contributed by atoms with E-state index in [1.54, 1.807) is 12.1 Å². The molecule has 2 aromatic rings. The number of likely N-dealkylation sites (tertiary alicyclic amines) is 1. The average Bonchev–Trinajstić information content (AvgIpc) is 2.73. The minimum atomic E-state index is -0.348. The number of hydrogen-bond acceptors (Lipinski definition) is 4. The Morgan fingerprint density at radius 1 is 1.04 bits per heavy atom. The largest absolute Gasteiger partial charge is 0.381 e. The van der Waals surface area contributed by atoms with Crippen LogP contribution in [0.4, 0.5) is 5.69 Å². The molecule has 1 saturated heterocycles. The molecule has 28 heavy (non-hydrogen) atoms. The molecule has 0 saturated carbocycles. The molecule has 0 radical (unpaired) electrons. The monoisotopic (exact) mass is 382 g/mol. The third-order valence-corrected chi connectivity index (χ3v) is 5.87. The van der Waals surface area contributed by atoms with Crippen molar-refractivity contribution in [2.75, 3.05) is 26.3 Å². The van der Waals surface area contributed by atoms with E-state index in [0.717, 1.165) is 64.1 Å². The van der Waals surface area contributed by atoms with Crippen LogP contribution in [0.5, 0.6) is 0 Å². The summed E-state index contributed by atoms with van der Waals surface area (Å²) in [6.07, 6.45) is 4.51. The highest BCUT2D eigenvalue weighted by Gasteiger charge is 2.34. The molecule has 0 aliphatic carbocycles. The number of nitro benzene ring substituents is 1. The standard InChI is InChI=1S/C23H30N2O3/c1-2-28-19-23(13-12-20-6-4-3-5-7-20)14-16-24(17-15-23)18-21-8-10-22(11-9-21)25(26)27/h3-11H,2,12-19H2,1H3. The zero-order valence-corrected chi connectivity index (χ0v) is 16.7. The summed E-state index contributed by atoms with van der Waals surface area (Å²) >= 11 is 0. The molecule has 5 heteroatoms. The minimum absolute atomic E-state index is 0.152. The van der Waals surface area contributed by atoms with E-state index in [2.05, 4.69) is 42.2 Å². The molecule has 1 fully saturated rings. The van der Waals surface area contributed by atoms with Gasteiger partial charge in [0.15, 0.2) is 0 Å². The summed E-state index contributed by atoms with van der Waals surface area (Å²) in [6.45, 7) is 6.59. The number of benzene rings is 2. The maximum atomic E-state index is 10.8. The van der Waals surface area contributed by atoms with E-state index in [0.29, 0.717) is 0 Å². The molecule has 1 aliphatic heterocycles. The van der Waals surface area contributed by atoms with E-state index in [-0.39, 0.29) is 16.0 Å². The summed E-state index contributed by atoms with van der Waals surface area (Å²) < 4.78 is 5.87. The Morgan fingerprint density at radius 3 is 2.32 bits per heavy atom. The van der Waals surface area contributed by atoms with Crippen LogP contribution in [0.1, 0.15) is 37.3 Å². The van der Waals surface area contributed by atoms with E-state index >= 15 is 0 Å². The van der Waals surface area contributed by atoms with Gasteiger partial charge in [-0.2, -0.15) is 0 Å². The highest BCUT2D eigenvalue weighted by atomic mass is 16.6. The minimum Gasteiger partial charge on any atom is -0.381 e. The second-order valence-electron chi connectivity index (χ2n) is 7.82. The molecule has 3 rings (SSSR count). The molecule has 1 heterocycles. The van der Waals surface area contributed by atoms with Crippen LogP contribution in [0.2, 0.25) is 0 Å². The Bertz CT molecular complexity index is 738. The van der Waals surface area contributed by atoms with Crippen molar-refractivity contribution in [2.24, 2.45) is 5.41 Å². The van der Waals surface area contributed by atoms with Gasteiger partial charge in [0.25, 0.3) is 5.69 Å². The lowest BCUT2D eigenvalue weighted by molar-refractivity contribution is -0.384. The fraction of sp³-hybridized carbons (Fsp3) is 0.478. The van der Waals surface area contributed by atoms with E-state index in [1.165, 1.54) is 5.56 Å². The quantitative estimate of drug-likeness (QED) is 0.460. The van der Waals surface area contributed by atoms with E-state index in [1.807, 2.05) is 12.1 Å². The Morgan fingerprint density at radius 2 is 1.71 bits per heavy atom. The van der Waals surface area contributed by atoms with E-state index in [9.17, 15) is 10.1 Å². The third-order valence-electron chi connectivity index (χ3n) is 5.87. The zero-order valence-electron chi connectivity index (χ0n) is 16.7. The maximum absolute atomic E-state index is 10.8. The van der Waals surface area contributed by atoms with E-state index < -0.39 is 0 Å². The fourth-order valence-electron chi connectivity index (χ4n) is 4.01. The molecule has 5 nitrogen and oxygen atoms in total. The van der Waals surface area contributed by atoms with Crippen LogP contribution in [0.15, 0.2) is 54.6 Å². The Balaban J connectivity index is 1.56. The van der Waals surface area contributed by atoms with Crippen molar-refractivity contribution in [2.45, 2.75) is 39.2 Å². The second kappa shape index (κ2) is 9.80. The van der Waals surface area contributed by atoms with Crippen LogP contribution in [-0.2, 0) is 17.7 Å². The van der Waals surface area contributed by atoms with E-state index in [4.69, 9.17) is 4.74 Å². The first-order valence-electron chi connectivity index (χ1n) is 10.2. The van der Waals surface area contributed by atoms with Gasteiger partial charge in [0, 0.05) is 25.3 Å². The molecule has 0 N–H and O–H groups in total. The Hall–Kier alpha value is -2.24. The number of nitrogens with zero attached hydrogens (tertiary/aromatic N) is 2. The van der Waals surface area contributed by atoms with Gasteiger partial charge in [-0.25, -0.2) is 0 Å². The zero-order chi connectivity index (χ0) is 19.8. The number of nitro groups is 1. The van der Waals surface area contributed by atoms with Crippen LogP contribution in [-0.4, -0.2) is 36.1 Å². The van der Waals surface area contributed by atoms with Crippen molar-refractivity contribution >= 4 is 5.69 Å². The summed E-state index contributed by atoms with van der Waals surface area (Å²) in [7, 11) is 0. The molecule has 1 aliphatic rings. The van der Waals surface area contributed by atoms with Gasteiger partial charge in [0.05, 0.1) is 11.5 Å². The Labute approximate surface area is 167 Å². The SMILES string of the molecule is CCOCC1(CCc2ccccc2)CCN(Cc2ccc([N+](=O)[O-])cc2)CC1. The van der Waals surface area contributed by atoms with Gasteiger partial charge in [-0.1, -0.05) is 42.5 Å². The number of piperidine rings is 1. The van der Waals surface area contributed by atoms with Crippen molar-refractivity contribution < 1.29 is 9.66 Å². The smallest absolute Gasteiger partial charge is 0.269 e. The fourth-order valence-corrected chi connectivity index (χ4v) is 4.01. The summed E-state index contributed by atoms with van der Waals surface area (Å²) in [6, 6.07) is 17.6. The van der Waals surface area contributed by atoms with Crippen LogP contribution >= 0.6 is 0 Å². The van der Waals surface area contributed by atoms with Crippen LogP contribution < -0.4 is 0 Å². The average molecular weight is 383 g/mol. The van der Waals surface area contributed by atoms with Crippen molar-refractivity contribution in [3.8, 4) is 0 Å². The van der Waals surface area contributed by atoms with Gasteiger partial charge in [0.1, 0.15) is 0 Å². The first-order chi connectivity index (χ1) is 13.6. The van der Waals surface area contributed by atoms with Crippen molar-refractivity contribution in [1.29, 1.82) is 0 Å². The van der Waals surface area contributed by atoms with Crippen LogP contribution in [0.25, 0.3) is 0 Å². The third kappa shape index (κ3) is 5.63. The first-order valence-corrected chi connectivity index (χ1v) is 10.2. The second-order valence-corrected chi connectivity index (χ2v) is 7.82. The van der Waals surface area contributed by atoms with Crippen molar-refractivity contribution in [1.82, 2.24) is 4.90 Å². The maximum Gasteiger partial charge on any atom is 0.269 e. The van der Waals surface area contributed by atoms with Gasteiger partial charge in [-0.15, -0.1) is 0 Å². The van der Waals surface area contributed by atoms with Crippen molar-refractivity contribution in [3.63, 3.8) is 0 Å². The first kappa shape index (κ1) is 20.5. The number of aryl methyl sites for hydroxylation is 1. The van der Waals surface area contributed by atoms with Crippen LogP contribution in [0, 0.1) is 15.5 Å². The lowest BCUT2D eigenvalue weighted by Gasteiger charge is -2.42. The molecule has 0 unspecified atom stereocenters. The van der Waals surface area contributed by atoms with Gasteiger partial charge in [-0.05, 0) is 62.2 Å². The molecule has 150 valence electrons. The molecular formula is C23H30N2O3. The summed E-state index contributed by atoms with van der Waals surface area (Å²) in [5, 5.41) is 10.8. The summed E-state index contributed by atoms with van der Waals surface area (Å²) in [5.41, 5.74) is 2.93. The summed E-state index contributed by atoms with van der Waals surface area (Å²) in [5.74, 6) is 0. The lowest BCUT2D eigenvalue weighted by atomic mass is 9.74. The van der Waals surface area contributed by atoms with Crippen molar-refractivity contribution in [3.05, 3.63) is 75.8 Å². The summed E-state index contributed by atoms with van der Waals surface area (Å²) in [4.78, 5) is 12.9. The normalized spacial score (nSPS) is 16.8. The van der Waals surface area contributed by atoms with Gasteiger partial charge >= 0.3 is 0 Å².